The molecule has 1 aliphatic rings. The summed E-state index contributed by atoms with van der Waals surface area (Å²) in [6.45, 7) is 0. The van der Waals surface area contributed by atoms with Crippen molar-refractivity contribution >= 4 is 51.1 Å². The summed E-state index contributed by atoms with van der Waals surface area (Å²) < 4.78 is 14.7. The lowest BCUT2D eigenvalue weighted by molar-refractivity contribution is -0.117. The number of carbonyl (C=O) groups is 2. The number of benzene rings is 1. The van der Waals surface area contributed by atoms with Crippen LogP contribution in [0.5, 0.6) is 0 Å². The lowest BCUT2D eigenvalue weighted by atomic mass is 9.95. The van der Waals surface area contributed by atoms with Crippen LogP contribution >= 0.6 is 34.3 Å². The molecular weight excluding hydrogens is 413 g/mol. The maximum atomic E-state index is 14.7. The minimum atomic E-state index is -1.26. The van der Waals surface area contributed by atoms with Gasteiger partial charge in [-0.05, 0) is 23.6 Å². The molecule has 10 heteroatoms. The van der Waals surface area contributed by atoms with Crippen LogP contribution in [0.3, 0.4) is 0 Å². The number of thiophene rings is 1. The van der Waals surface area contributed by atoms with Gasteiger partial charge in [0.15, 0.2) is 5.76 Å². The molecule has 0 saturated carbocycles. The van der Waals surface area contributed by atoms with Gasteiger partial charge in [-0.15, -0.1) is 21.5 Å². The van der Waals surface area contributed by atoms with E-state index in [4.69, 9.17) is 11.6 Å². The molecule has 1 aliphatic heterocycles. The first-order valence-electron chi connectivity index (χ1n) is 7.55. The number of carbonyl (C=O) groups excluding carboxylic acids is 2. The summed E-state index contributed by atoms with van der Waals surface area (Å²) in [5, 5.41) is 19.8. The van der Waals surface area contributed by atoms with E-state index in [0.29, 0.717) is 4.88 Å². The molecule has 1 atom stereocenters. The van der Waals surface area contributed by atoms with E-state index < -0.39 is 29.3 Å². The molecule has 4 rings (SSSR count). The van der Waals surface area contributed by atoms with Crippen molar-refractivity contribution in [2.45, 2.75) is 6.04 Å². The maximum Gasteiger partial charge on any atom is 0.296 e. The van der Waals surface area contributed by atoms with Gasteiger partial charge in [-0.3, -0.25) is 14.5 Å². The number of hydrogen-bond acceptors (Lipinski definition) is 7. The highest BCUT2D eigenvalue weighted by atomic mass is 35.5. The van der Waals surface area contributed by atoms with Gasteiger partial charge in [0, 0.05) is 10.6 Å². The van der Waals surface area contributed by atoms with Gasteiger partial charge < -0.3 is 5.11 Å². The number of Topliss-reactive ketones (excluding diaryl/α,β-unsaturated/α-hetero) is 1. The summed E-state index contributed by atoms with van der Waals surface area (Å²) in [5.74, 6) is -2.91. The average molecular weight is 422 g/mol. The van der Waals surface area contributed by atoms with Gasteiger partial charge in [-0.1, -0.05) is 35.1 Å². The summed E-state index contributed by atoms with van der Waals surface area (Å²) in [7, 11) is 0. The predicted octanol–water partition coefficient (Wildman–Crippen LogP) is 4.18. The van der Waals surface area contributed by atoms with Crippen LogP contribution in [0.25, 0.3) is 0 Å². The Morgan fingerprint density at radius 3 is 2.70 bits per heavy atom. The van der Waals surface area contributed by atoms with Crippen molar-refractivity contribution in [3.63, 3.8) is 0 Å². The first-order valence-corrected chi connectivity index (χ1v) is 9.69. The van der Waals surface area contributed by atoms with Gasteiger partial charge in [0.25, 0.3) is 5.91 Å². The third-order valence-corrected chi connectivity index (χ3v) is 5.91. The minimum Gasteiger partial charge on any atom is -0.503 e. The lowest BCUT2D eigenvalue weighted by Gasteiger charge is -2.25. The first kappa shape index (κ1) is 17.8. The summed E-state index contributed by atoms with van der Waals surface area (Å²) in [6.07, 6.45) is 0. The Kier molecular flexibility index (Phi) is 4.50. The first-order chi connectivity index (χ1) is 13.0. The van der Waals surface area contributed by atoms with Crippen LogP contribution in [-0.4, -0.2) is 27.0 Å². The average Bonchev–Trinajstić information content (AvgIpc) is 3.38. The van der Waals surface area contributed by atoms with Crippen LogP contribution < -0.4 is 4.90 Å². The summed E-state index contributed by atoms with van der Waals surface area (Å²) in [4.78, 5) is 27.1. The fourth-order valence-corrected chi connectivity index (χ4v) is 4.42. The van der Waals surface area contributed by atoms with Gasteiger partial charge in [0.05, 0.1) is 10.5 Å². The van der Waals surface area contributed by atoms with Crippen LogP contribution in [0, 0.1) is 5.82 Å². The van der Waals surface area contributed by atoms with Gasteiger partial charge in [0.1, 0.15) is 17.4 Å². The SMILES string of the molecule is O=C(C1=C(O)C(=O)N(c2nncs2)C1c1c(F)cccc1Cl)c1cccs1. The van der Waals surface area contributed by atoms with E-state index in [9.17, 15) is 19.1 Å². The Hall–Kier alpha value is -2.62. The van der Waals surface area contributed by atoms with Crippen molar-refractivity contribution in [2.24, 2.45) is 0 Å². The number of ketones is 1. The quantitative estimate of drug-likeness (QED) is 0.639. The molecule has 6 nitrogen and oxygen atoms in total. The van der Waals surface area contributed by atoms with Crippen LogP contribution in [0.15, 0.2) is 52.6 Å². The third-order valence-electron chi connectivity index (χ3n) is 4.03. The molecule has 1 amide bonds. The molecule has 3 aromatic rings. The monoisotopic (exact) mass is 421 g/mol. The molecule has 136 valence electrons. The minimum absolute atomic E-state index is 0.0218. The van der Waals surface area contributed by atoms with Crippen molar-refractivity contribution in [2.75, 3.05) is 4.90 Å². The highest BCUT2D eigenvalue weighted by molar-refractivity contribution is 7.13. The number of rotatable bonds is 4. The number of aliphatic hydroxyl groups is 1. The summed E-state index contributed by atoms with van der Waals surface area (Å²) >= 11 is 8.37. The molecule has 0 fully saturated rings. The molecule has 2 aromatic heterocycles. The highest BCUT2D eigenvalue weighted by Gasteiger charge is 2.47. The number of anilines is 1. The molecule has 1 N–H and O–H groups in total. The smallest absolute Gasteiger partial charge is 0.296 e. The molecule has 0 spiro atoms. The second kappa shape index (κ2) is 6.84. The van der Waals surface area contributed by atoms with Gasteiger partial charge in [-0.25, -0.2) is 4.39 Å². The van der Waals surface area contributed by atoms with E-state index in [-0.39, 0.29) is 21.3 Å². The van der Waals surface area contributed by atoms with E-state index in [1.54, 1.807) is 17.5 Å². The Balaban J connectivity index is 1.95. The van der Waals surface area contributed by atoms with Crippen molar-refractivity contribution in [1.29, 1.82) is 0 Å². The second-order valence-corrected chi connectivity index (χ2v) is 7.67. The topological polar surface area (TPSA) is 83.4 Å². The maximum absolute atomic E-state index is 14.7. The van der Waals surface area contributed by atoms with Gasteiger partial charge >= 0.3 is 0 Å². The van der Waals surface area contributed by atoms with Crippen LogP contribution in [0.2, 0.25) is 5.02 Å². The standard InChI is InChI=1S/C17H9ClFN3O3S2/c18-8-3-1-4-9(19)11(8)13-12(14(23)10-5-2-6-26-10)15(24)16(25)22(13)17-21-20-7-27-17/h1-7,13,24H. The molecule has 0 saturated heterocycles. The van der Waals surface area contributed by atoms with E-state index in [1.165, 1.54) is 23.7 Å². The molecule has 0 aliphatic carbocycles. The number of halogens is 2. The van der Waals surface area contributed by atoms with Crippen LogP contribution in [-0.2, 0) is 4.79 Å². The molecule has 1 aromatic carbocycles. The number of amides is 1. The summed E-state index contributed by atoms with van der Waals surface area (Å²) in [6, 6.07) is 6.01. The zero-order valence-electron chi connectivity index (χ0n) is 13.3. The molecular formula is C17H9ClFN3O3S2. The second-order valence-electron chi connectivity index (χ2n) is 5.50. The normalized spacial score (nSPS) is 17.0. The van der Waals surface area contributed by atoms with E-state index in [2.05, 4.69) is 10.2 Å². The van der Waals surface area contributed by atoms with Crippen LogP contribution in [0.1, 0.15) is 21.3 Å². The molecule has 0 bridgehead atoms. The summed E-state index contributed by atoms with van der Waals surface area (Å²) in [5.41, 5.74) is 1.05. The number of nitrogens with zero attached hydrogens (tertiary/aromatic N) is 3. The zero-order chi connectivity index (χ0) is 19.1. The largest absolute Gasteiger partial charge is 0.503 e. The fourth-order valence-electron chi connectivity index (χ4n) is 2.89. The van der Waals surface area contributed by atoms with Crippen molar-refractivity contribution in [3.8, 4) is 0 Å². The molecule has 0 radical (unpaired) electrons. The van der Waals surface area contributed by atoms with E-state index in [1.807, 2.05) is 0 Å². The van der Waals surface area contributed by atoms with Crippen molar-refractivity contribution in [3.05, 3.63) is 73.8 Å². The van der Waals surface area contributed by atoms with Crippen molar-refractivity contribution in [1.82, 2.24) is 10.2 Å². The van der Waals surface area contributed by atoms with Crippen LogP contribution in [0.4, 0.5) is 9.52 Å². The van der Waals surface area contributed by atoms with Gasteiger partial charge in [0.2, 0.25) is 10.9 Å². The molecule has 3 heterocycles. The fraction of sp³-hybridized carbons (Fsp3) is 0.0588. The van der Waals surface area contributed by atoms with E-state index >= 15 is 0 Å². The molecule has 27 heavy (non-hydrogen) atoms. The zero-order valence-corrected chi connectivity index (χ0v) is 15.7. The number of aliphatic hydroxyl groups excluding tert-OH is 1. The number of aromatic nitrogens is 2. The Labute approximate surface area is 165 Å². The Morgan fingerprint density at radius 1 is 1.26 bits per heavy atom. The predicted molar refractivity (Wildman–Crippen MR) is 99.9 cm³/mol. The lowest BCUT2D eigenvalue weighted by Crippen LogP contribution is -2.31. The van der Waals surface area contributed by atoms with E-state index in [0.717, 1.165) is 27.6 Å². The Morgan fingerprint density at radius 2 is 2.07 bits per heavy atom. The Bertz CT molecular complexity index is 1050. The number of hydrogen-bond donors (Lipinski definition) is 1. The molecule has 1 unspecified atom stereocenters. The third kappa shape index (κ3) is 2.84. The van der Waals surface area contributed by atoms with Crippen molar-refractivity contribution < 1.29 is 19.1 Å². The highest BCUT2D eigenvalue weighted by Crippen LogP contribution is 2.45. The van der Waals surface area contributed by atoms with Gasteiger partial charge in [-0.2, -0.15) is 0 Å².